The molecule has 23 heavy (non-hydrogen) atoms. The maximum absolute atomic E-state index is 12.4. The predicted octanol–water partition coefficient (Wildman–Crippen LogP) is 3.80. The zero-order chi connectivity index (χ0) is 16.6. The van der Waals surface area contributed by atoms with Gasteiger partial charge in [0.1, 0.15) is 11.6 Å². The van der Waals surface area contributed by atoms with Gasteiger partial charge in [0.15, 0.2) is 0 Å². The van der Waals surface area contributed by atoms with E-state index in [-0.39, 0.29) is 17.1 Å². The van der Waals surface area contributed by atoms with Gasteiger partial charge >= 0.3 is 6.36 Å². The number of benzene rings is 2. The van der Waals surface area contributed by atoms with Crippen LogP contribution in [0.5, 0.6) is 5.75 Å². The van der Waals surface area contributed by atoms with Crippen molar-refractivity contribution in [2.45, 2.75) is 13.3 Å². The minimum Gasteiger partial charge on any atom is -0.406 e. The highest BCUT2D eigenvalue weighted by atomic mass is 19.4. The van der Waals surface area contributed by atoms with Crippen LogP contribution in [0.2, 0.25) is 0 Å². The standard InChI is InChI=1S/C16H11F3N2O2/c1-9-6-10(8-11(7-9)23-16(17,18)19)14-20-13-5-3-2-4-12(13)15(22)21-14/h2-8H,1H3,(H,20,21,22). The third-order valence-electron chi connectivity index (χ3n) is 3.17. The van der Waals surface area contributed by atoms with Crippen LogP contribution in [0.3, 0.4) is 0 Å². The topological polar surface area (TPSA) is 55.0 Å². The normalized spacial score (nSPS) is 11.7. The second kappa shape index (κ2) is 5.42. The summed E-state index contributed by atoms with van der Waals surface area (Å²) in [4.78, 5) is 18.9. The highest BCUT2D eigenvalue weighted by Crippen LogP contribution is 2.28. The summed E-state index contributed by atoms with van der Waals surface area (Å²) >= 11 is 0. The first kappa shape index (κ1) is 15.1. The van der Waals surface area contributed by atoms with Crippen LogP contribution in [0.1, 0.15) is 5.56 Å². The van der Waals surface area contributed by atoms with Crippen molar-refractivity contribution in [2.24, 2.45) is 0 Å². The van der Waals surface area contributed by atoms with E-state index < -0.39 is 6.36 Å². The maximum Gasteiger partial charge on any atom is 0.573 e. The van der Waals surface area contributed by atoms with Gasteiger partial charge in [-0.05, 0) is 42.8 Å². The summed E-state index contributed by atoms with van der Waals surface area (Å²) in [6, 6.07) is 10.8. The van der Waals surface area contributed by atoms with Gasteiger partial charge in [-0.3, -0.25) is 4.79 Å². The van der Waals surface area contributed by atoms with E-state index in [0.717, 1.165) is 0 Å². The highest BCUT2D eigenvalue weighted by molar-refractivity contribution is 5.79. The van der Waals surface area contributed by atoms with Gasteiger partial charge in [-0.2, -0.15) is 0 Å². The van der Waals surface area contributed by atoms with Gasteiger partial charge in [-0.25, -0.2) is 4.98 Å². The van der Waals surface area contributed by atoms with Crippen molar-refractivity contribution in [3.05, 3.63) is 58.4 Å². The Morgan fingerprint density at radius 2 is 1.87 bits per heavy atom. The number of H-pyrrole nitrogens is 1. The monoisotopic (exact) mass is 320 g/mol. The van der Waals surface area contributed by atoms with Crippen molar-refractivity contribution in [1.82, 2.24) is 9.97 Å². The molecule has 0 unspecified atom stereocenters. The molecule has 0 aliphatic rings. The van der Waals surface area contributed by atoms with Crippen LogP contribution in [-0.4, -0.2) is 16.3 Å². The largest absolute Gasteiger partial charge is 0.573 e. The number of ether oxygens (including phenoxy) is 1. The Morgan fingerprint density at radius 3 is 2.61 bits per heavy atom. The second-order valence-electron chi connectivity index (χ2n) is 5.01. The summed E-state index contributed by atoms with van der Waals surface area (Å²) in [6.07, 6.45) is -4.78. The zero-order valence-electron chi connectivity index (χ0n) is 11.9. The Bertz CT molecular complexity index is 932. The number of rotatable bonds is 2. The number of hydrogen-bond acceptors (Lipinski definition) is 3. The van der Waals surface area contributed by atoms with Crippen LogP contribution in [-0.2, 0) is 0 Å². The van der Waals surface area contributed by atoms with Crippen LogP contribution in [0, 0.1) is 6.92 Å². The second-order valence-corrected chi connectivity index (χ2v) is 5.01. The average Bonchev–Trinajstić information content (AvgIpc) is 2.44. The Labute approximate surface area is 128 Å². The summed E-state index contributed by atoms with van der Waals surface area (Å²) in [5.41, 5.74) is 1.00. The number of nitrogens with zero attached hydrogens (tertiary/aromatic N) is 1. The molecule has 1 N–H and O–H groups in total. The Kier molecular flexibility index (Phi) is 3.55. The number of alkyl halides is 3. The molecule has 0 radical (unpaired) electrons. The fourth-order valence-corrected chi connectivity index (χ4v) is 2.30. The minimum absolute atomic E-state index is 0.185. The molecule has 0 aliphatic carbocycles. The lowest BCUT2D eigenvalue weighted by Gasteiger charge is -2.11. The Balaban J connectivity index is 2.13. The minimum atomic E-state index is -4.78. The molecule has 0 saturated carbocycles. The summed E-state index contributed by atoms with van der Waals surface area (Å²) < 4.78 is 41.1. The number of halogens is 3. The van der Waals surface area contributed by atoms with E-state index in [2.05, 4.69) is 14.7 Å². The first-order valence-corrected chi connectivity index (χ1v) is 6.69. The van der Waals surface area contributed by atoms with Gasteiger partial charge in [0.25, 0.3) is 5.56 Å². The molecule has 0 amide bonds. The van der Waals surface area contributed by atoms with Crippen molar-refractivity contribution in [1.29, 1.82) is 0 Å². The van der Waals surface area contributed by atoms with E-state index in [1.54, 1.807) is 37.3 Å². The van der Waals surface area contributed by atoms with E-state index in [1.165, 1.54) is 12.1 Å². The fourth-order valence-electron chi connectivity index (χ4n) is 2.30. The molecular weight excluding hydrogens is 309 g/mol. The lowest BCUT2D eigenvalue weighted by molar-refractivity contribution is -0.274. The van der Waals surface area contributed by atoms with Gasteiger partial charge < -0.3 is 9.72 Å². The molecule has 0 bridgehead atoms. The van der Waals surface area contributed by atoms with Crippen molar-refractivity contribution >= 4 is 10.9 Å². The summed E-state index contributed by atoms with van der Waals surface area (Å²) in [6.45, 7) is 1.63. The van der Waals surface area contributed by atoms with Gasteiger partial charge in [-0.1, -0.05) is 12.1 Å². The van der Waals surface area contributed by atoms with E-state index in [1.807, 2.05) is 0 Å². The maximum atomic E-state index is 12.4. The molecule has 3 rings (SSSR count). The fraction of sp³-hybridized carbons (Fsp3) is 0.125. The van der Waals surface area contributed by atoms with Crippen LogP contribution in [0.4, 0.5) is 13.2 Å². The molecule has 0 aliphatic heterocycles. The molecular formula is C16H11F3N2O2. The number of aryl methyl sites for hydroxylation is 1. The van der Waals surface area contributed by atoms with E-state index in [4.69, 9.17) is 0 Å². The zero-order valence-corrected chi connectivity index (χ0v) is 11.9. The Hall–Kier alpha value is -2.83. The van der Waals surface area contributed by atoms with E-state index in [9.17, 15) is 18.0 Å². The Morgan fingerprint density at radius 1 is 1.13 bits per heavy atom. The lowest BCUT2D eigenvalue weighted by atomic mass is 10.1. The van der Waals surface area contributed by atoms with Crippen LogP contribution in [0.15, 0.2) is 47.3 Å². The summed E-state index contributed by atoms with van der Waals surface area (Å²) in [5.74, 6) is -0.173. The van der Waals surface area contributed by atoms with E-state index >= 15 is 0 Å². The number of fused-ring (bicyclic) bond motifs is 1. The molecule has 3 aromatic rings. The molecule has 1 aromatic heterocycles. The first-order chi connectivity index (χ1) is 10.8. The summed E-state index contributed by atoms with van der Waals surface area (Å²) in [5, 5.41) is 0.413. The molecule has 4 nitrogen and oxygen atoms in total. The van der Waals surface area contributed by atoms with Gasteiger partial charge in [0, 0.05) is 5.56 Å². The van der Waals surface area contributed by atoms with Crippen LogP contribution < -0.4 is 10.3 Å². The number of hydrogen-bond donors (Lipinski definition) is 1. The molecule has 2 aromatic carbocycles. The van der Waals surface area contributed by atoms with Gasteiger partial charge in [0.05, 0.1) is 10.9 Å². The average molecular weight is 320 g/mol. The highest BCUT2D eigenvalue weighted by Gasteiger charge is 2.31. The van der Waals surface area contributed by atoms with Crippen molar-refractivity contribution in [3.63, 3.8) is 0 Å². The predicted molar refractivity (Wildman–Crippen MR) is 79.2 cm³/mol. The molecule has 0 fully saturated rings. The molecule has 7 heteroatoms. The number of nitrogens with one attached hydrogen (secondary N) is 1. The lowest BCUT2D eigenvalue weighted by Crippen LogP contribution is -2.17. The quantitative estimate of drug-likeness (QED) is 0.781. The molecule has 0 saturated heterocycles. The number of para-hydroxylation sites is 1. The van der Waals surface area contributed by atoms with E-state index in [0.29, 0.717) is 22.0 Å². The third-order valence-corrected chi connectivity index (χ3v) is 3.17. The molecule has 0 spiro atoms. The van der Waals surface area contributed by atoms with Crippen molar-refractivity contribution < 1.29 is 17.9 Å². The van der Waals surface area contributed by atoms with Crippen LogP contribution >= 0.6 is 0 Å². The number of aromatic nitrogens is 2. The van der Waals surface area contributed by atoms with Crippen LogP contribution in [0.25, 0.3) is 22.3 Å². The molecule has 0 atom stereocenters. The molecule has 118 valence electrons. The third kappa shape index (κ3) is 3.33. The van der Waals surface area contributed by atoms with Gasteiger partial charge in [0.2, 0.25) is 0 Å². The summed E-state index contributed by atoms with van der Waals surface area (Å²) in [7, 11) is 0. The molecule has 1 heterocycles. The van der Waals surface area contributed by atoms with Gasteiger partial charge in [-0.15, -0.1) is 13.2 Å². The smallest absolute Gasteiger partial charge is 0.406 e. The number of aromatic amines is 1. The SMILES string of the molecule is Cc1cc(OC(F)(F)F)cc(-c2nc3ccccc3c(=O)[nH]2)c1. The van der Waals surface area contributed by atoms with Crippen molar-refractivity contribution in [3.8, 4) is 17.1 Å². The first-order valence-electron chi connectivity index (χ1n) is 6.69. The van der Waals surface area contributed by atoms with Crippen molar-refractivity contribution in [2.75, 3.05) is 0 Å².